The van der Waals surface area contributed by atoms with Crippen molar-refractivity contribution >= 4 is 0 Å². The quantitative estimate of drug-likeness (QED) is 0.702. The number of imidazole rings is 1. The third kappa shape index (κ3) is 3.14. The fraction of sp³-hybridized carbons (Fsp3) is 0.727. The number of hydrogen-bond acceptors (Lipinski definition) is 2. The predicted molar refractivity (Wildman–Crippen MR) is 59.5 cm³/mol. The van der Waals surface area contributed by atoms with Crippen LogP contribution in [0.15, 0.2) is 6.33 Å². The summed E-state index contributed by atoms with van der Waals surface area (Å²) in [5, 5.41) is 3.40. The number of rotatable bonds is 6. The lowest BCUT2D eigenvalue weighted by atomic mass is 10.3. The summed E-state index contributed by atoms with van der Waals surface area (Å²) < 4.78 is 2.23. The molecule has 0 amide bonds. The molecule has 0 saturated heterocycles. The van der Waals surface area contributed by atoms with E-state index in [0.717, 1.165) is 25.3 Å². The molecule has 0 spiro atoms. The van der Waals surface area contributed by atoms with Crippen molar-refractivity contribution in [3.05, 3.63) is 17.7 Å². The molecule has 80 valence electrons. The third-order valence-electron chi connectivity index (χ3n) is 2.52. The highest BCUT2D eigenvalue weighted by atomic mass is 15.1. The molecule has 1 heterocycles. The van der Waals surface area contributed by atoms with Crippen molar-refractivity contribution in [2.75, 3.05) is 13.1 Å². The summed E-state index contributed by atoms with van der Waals surface area (Å²) in [6.07, 6.45) is 4.32. The van der Waals surface area contributed by atoms with E-state index >= 15 is 0 Å². The van der Waals surface area contributed by atoms with Crippen molar-refractivity contribution in [3.8, 4) is 0 Å². The number of nitrogens with zero attached hydrogens (tertiary/aromatic N) is 2. The van der Waals surface area contributed by atoms with Gasteiger partial charge >= 0.3 is 0 Å². The van der Waals surface area contributed by atoms with Crippen molar-refractivity contribution in [1.82, 2.24) is 14.9 Å². The van der Waals surface area contributed by atoms with Crippen LogP contribution < -0.4 is 5.32 Å². The largest absolute Gasteiger partial charge is 0.335 e. The molecular weight excluding hydrogens is 174 g/mol. The van der Waals surface area contributed by atoms with Gasteiger partial charge in [0.05, 0.1) is 12.0 Å². The Labute approximate surface area is 86.5 Å². The molecule has 0 saturated carbocycles. The van der Waals surface area contributed by atoms with E-state index in [4.69, 9.17) is 0 Å². The molecule has 0 aliphatic heterocycles. The van der Waals surface area contributed by atoms with Gasteiger partial charge in [-0.3, -0.25) is 0 Å². The zero-order chi connectivity index (χ0) is 10.4. The minimum absolute atomic E-state index is 1.07. The normalized spacial score (nSPS) is 10.8. The van der Waals surface area contributed by atoms with Crippen LogP contribution in [0.5, 0.6) is 0 Å². The lowest BCUT2D eigenvalue weighted by Gasteiger charge is -2.06. The zero-order valence-electron chi connectivity index (χ0n) is 9.51. The highest BCUT2D eigenvalue weighted by molar-refractivity contribution is 5.08. The lowest BCUT2D eigenvalue weighted by Crippen LogP contribution is -2.17. The number of aromatic nitrogens is 2. The highest BCUT2D eigenvalue weighted by Gasteiger charge is 2.00. The minimum atomic E-state index is 1.07. The molecule has 0 radical (unpaired) electrons. The first-order valence-corrected chi connectivity index (χ1v) is 5.44. The number of nitrogens with one attached hydrogen (secondary N) is 1. The van der Waals surface area contributed by atoms with Crippen molar-refractivity contribution in [3.63, 3.8) is 0 Å². The molecule has 14 heavy (non-hydrogen) atoms. The van der Waals surface area contributed by atoms with Gasteiger partial charge < -0.3 is 9.88 Å². The van der Waals surface area contributed by atoms with Crippen LogP contribution >= 0.6 is 0 Å². The second-order valence-electron chi connectivity index (χ2n) is 3.71. The third-order valence-corrected chi connectivity index (χ3v) is 2.52. The summed E-state index contributed by atoms with van der Waals surface area (Å²) in [7, 11) is 0. The maximum absolute atomic E-state index is 4.27. The van der Waals surface area contributed by atoms with Gasteiger partial charge in [0.1, 0.15) is 0 Å². The van der Waals surface area contributed by atoms with Crippen LogP contribution in [0.3, 0.4) is 0 Å². The molecule has 1 aromatic heterocycles. The molecule has 0 aromatic carbocycles. The van der Waals surface area contributed by atoms with Crippen LogP contribution in [-0.4, -0.2) is 22.6 Å². The van der Waals surface area contributed by atoms with Crippen LogP contribution in [0.25, 0.3) is 0 Å². The molecule has 1 aromatic rings. The Balaban J connectivity index is 2.21. The Hall–Kier alpha value is -0.830. The molecule has 0 aliphatic carbocycles. The molecule has 0 atom stereocenters. The Morgan fingerprint density at radius 1 is 1.36 bits per heavy atom. The topological polar surface area (TPSA) is 29.9 Å². The van der Waals surface area contributed by atoms with Crippen molar-refractivity contribution in [1.29, 1.82) is 0 Å². The predicted octanol–water partition coefficient (Wildman–Crippen LogP) is 1.89. The molecule has 0 fully saturated rings. The standard InChI is InChI=1S/C11H21N3/c1-4-6-12-7-5-8-14-9-13-10(2)11(14)3/h9,12H,4-8H2,1-3H3. The Bertz CT molecular complexity index is 265. The maximum atomic E-state index is 4.27. The molecule has 1 rings (SSSR count). The first kappa shape index (κ1) is 11.2. The maximum Gasteiger partial charge on any atom is 0.0951 e. The smallest absolute Gasteiger partial charge is 0.0951 e. The summed E-state index contributed by atoms with van der Waals surface area (Å²) >= 11 is 0. The second kappa shape index (κ2) is 5.81. The van der Waals surface area contributed by atoms with Gasteiger partial charge in [-0.25, -0.2) is 4.98 Å². The van der Waals surface area contributed by atoms with Gasteiger partial charge in [-0.1, -0.05) is 6.92 Å². The van der Waals surface area contributed by atoms with Crippen LogP contribution in [0, 0.1) is 13.8 Å². The summed E-state index contributed by atoms with van der Waals surface area (Å²) in [6.45, 7) is 9.68. The van der Waals surface area contributed by atoms with Crippen LogP contribution in [0.4, 0.5) is 0 Å². The minimum Gasteiger partial charge on any atom is -0.335 e. The summed E-state index contributed by atoms with van der Waals surface area (Å²) in [5.41, 5.74) is 2.44. The molecule has 3 heteroatoms. The molecular formula is C11H21N3. The molecule has 0 bridgehead atoms. The Morgan fingerprint density at radius 3 is 2.71 bits per heavy atom. The SMILES string of the molecule is CCCNCCCn1cnc(C)c1C. The van der Waals surface area contributed by atoms with Gasteiger partial charge in [0, 0.05) is 12.2 Å². The number of hydrogen-bond donors (Lipinski definition) is 1. The van der Waals surface area contributed by atoms with Crippen LogP contribution in [-0.2, 0) is 6.54 Å². The van der Waals surface area contributed by atoms with E-state index in [1.54, 1.807) is 0 Å². The van der Waals surface area contributed by atoms with Crippen molar-refractivity contribution in [2.24, 2.45) is 0 Å². The Kier molecular flexibility index (Phi) is 4.66. The van der Waals surface area contributed by atoms with Crippen LogP contribution in [0.1, 0.15) is 31.2 Å². The summed E-state index contributed by atoms with van der Waals surface area (Å²) in [4.78, 5) is 4.27. The molecule has 0 aliphatic rings. The first-order valence-electron chi connectivity index (χ1n) is 5.44. The molecule has 0 unspecified atom stereocenters. The average Bonchev–Trinajstić information content (AvgIpc) is 2.49. The highest BCUT2D eigenvalue weighted by Crippen LogP contribution is 2.04. The summed E-state index contributed by atoms with van der Waals surface area (Å²) in [5.74, 6) is 0. The number of aryl methyl sites for hydroxylation is 2. The lowest BCUT2D eigenvalue weighted by molar-refractivity contribution is 0.572. The van der Waals surface area contributed by atoms with Gasteiger partial charge in [0.2, 0.25) is 0 Å². The average molecular weight is 195 g/mol. The van der Waals surface area contributed by atoms with Crippen molar-refractivity contribution < 1.29 is 0 Å². The molecule has 1 N–H and O–H groups in total. The van der Waals surface area contributed by atoms with E-state index in [0.29, 0.717) is 0 Å². The van der Waals surface area contributed by atoms with E-state index in [-0.39, 0.29) is 0 Å². The monoisotopic (exact) mass is 195 g/mol. The van der Waals surface area contributed by atoms with E-state index < -0.39 is 0 Å². The van der Waals surface area contributed by atoms with E-state index in [9.17, 15) is 0 Å². The van der Waals surface area contributed by atoms with E-state index in [2.05, 4.69) is 35.6 Å². The van der Waals surface area contributed by atoms with E-state index in [1.807, 2.05) is 6.33 Å². The molecule has 3 nitrogen and oxygen atoms in total. The summed E-state index contributed by atoms with van der Waals surface area (Å²) in [6, 6.07) is 0. The fourth-order valence-corrected chi connectivity index (χ4v) is 1.45. The van der Waals surface area contributed by atoms with Gasteiger partial charge in [-0.2, -0.15) is 0 Å². The van der Waals surface area contributed by atoms with Gasteiger partial charge in [-0.15, -0.1) is 0 Å². The zero-order valence-corrected chi connectivity index (χ0v) is 9.51. The van der Waals surface area contributed by atoms with E-state index in [1.165, 1.54) is 18.5 Å². The van der Waals surface area contributed by atoms with Gasteiger partial charge in [-0.05, 0) is 39.8 Å². The van der Waals surface area contributed by atoms with Gasteiger partial charge in [0.15, 0.2) is 0 Å². The first-order chi connectivity index (χ1) is 6.75. The Morgan fingerprint density at radius 2 is 2.14 bits per heavy atom. The van der Waals surface area contributed by atoms with Crippen molar-refractivity contribution in [2.45, 2.75) is 40.2 Å². The van der Waals surface area contributed by atoms with Gasteiger partial charge in [0.25, 0.3) is 0 Å². The fourth-order valence-electron chi connectivity index (χ4n) is 1.45. The van der Waals surface area contributed by atoms with Crippen LogP contribution in [0.2, 0.25) is 0 Å². The second-order valence-corrected chi connectivity index (χ2v) is 3.71.